The minimum absolute atomic E-state index is 0.157. The summed E-state index contributed by atoms with van der Waals surface area (Å²) in [5.74, 6) is -1.26. The van der Waals surface area contributed by atoms with Gasteiger partial charge in [-0.05, 0) is 19.3 Å². The molecular weight excluding hydrogens is 354 g/mol. The molecular formula is C19H31NO7. The van der Waals surface area contributed by atoms with Crippen LogP contribution < -0.4 is 5.48 Å². The van der Waals surface area contributed by atoms with Crippen LogP contribution in [0.5, 0.6) is 0 Å². The van der Waals surface area contributed by atoms with Crippen molar-refractivity contribution in [2.45, 2.75) is 71.1 Å². The maximum atomic E-state index is 12.0. The Morgan fingerprint density at radius 2 is 1.93 bits per heavy atom. The fraction of sp³-hybridized carbons (Fsp3) is 0.737. The van der Waals surface area contributed by atoms with Crippen molar-refractivity contribution in [3.05, 3.63) is 12.7 Å². The van der Waals surface area contributed by atoms with E-state index in [1.165, 1.54) is 0 Å². The summed E-state index contributed by atoms with van der Waals surface area (Å²) < 4.78 is 15.9. The van der Waals surface area contributed by atoms with Crippen LogP contribution >= 0.6 is 0 Å². The number of hydroxylamine groups is 1. The number of rotatable bonds is 12. The highest BCUT2D eigenvalue weighted by molar-refractivity contribution is 5.81. The molecule has 154 valence electrons. The lowest BCUT2D eigenvalue weighted by atomic mass is 9.98. The van der Waals surface area contributed by atoms with Crippen molar-refractivity contribution < 1.29 is 33.4 Å². The highest BCUT2D eigenvalue weighted by Gasteiger charge is 2.34. The molecule has 1 saturated heterocycles. The Balaban J connectivity index is 2.27. The van der Waals surface area contributed by atoms with Gasteiger partial charge in [0.15, 0.2) is 0 Å². The zero-order valence-electron chi connectivity index (χ0n) is 16.2. The van der Waals surface area contributed by atoms with Gasteiger partial charge < -0.3 is 19.0 Å². The predicted octanol–water partition coefficient (Wildman–Crippen LogP) is 2.42. The Bertz CT molecular complexity index is 494. The molecule has 3 atom stereocenters. The first-order valence-corrected chi connectivity index (χ1v) is 9.53. The lowest BCUT2D eigenvalue weighted by molar-refractivity contribution is -0.191. The van der Waals surface area contributed by atoms with Gasteiger partial charge in [-0.3, -0.25) is 9.59 Å². The van der Waals surface area contributed by atoms with Crippen molar-refractivity contribution in [1.82, 2.24) is 5.48 Å². The largest absolute Gasteiger partial charge is 0.463 e. The topological polar surface area (TPSA) is 100 Å². The number of hydrogen-bond donors (Lipinski definition) is 1. The second-order valence-corrected chi connectivity index (χ2v) is 6.49. The molecule has 0 aromatic rings. The molecule has 0 aromatic heterocycles. The maximum Gasteiger partial charge on any atom is 0.330 e. The molecule has 1 heterocycles. The molecule has 8 heteroatoms. The molecule has 1 fully saturated rings. The number of ether oxygens (including phenoxy) is 3. The van der Waals surface area contributed by atoms with Crippen LogP contribution in [-0.4, -0.2) is 43.5 Å². The van der Waals surface area contributed by atoms with Gasteiger partial charge >= 0.3 is 17.9 Å². The number of unbranched alkanes of at least 4 members (excludes halogenated alkanes) is 2. The Labute approximate surface area is 160 Å². The van der Waals surface area contributed by atoms with E-state index in [2.05, 4.69) is 12.1 Å². The second-order valence-electron chi connectivity index (χ2n) is 6.49. The number of nitrogens with one attached hydrogen (secondary N) is 1. The van der Waals surface area contributed by atoms with Gasteiger partial charge in [-0.15, -0.1) is 5.48 Å². The summed E-state index contributed by atoms with van der Waals surface area (Å²) in [6.07, 6.45) is 4.31. The van der Waals surface area contributed by atoms with Gasteiger partial charge in [-0.1, -0.05) is 26.8 Å². The van der Waals surface area contributed by atoms with E-state index < -0.39 is 12.2 Å². The van der Waals surface area contributed by atoms with Crippen molar-refractivity contribution in [2.24, 2.45) is 5.92 Å². The van der Waals surface area contributed by atoms with Crippen LogP contribution in [0, 0.1) is 5.92 Å². The van der Waals surface area contributed by atoms with Gasteiger partial charge in [0.25, 0.3) is 0 Å². The third-order valence-corrected chi connectivity index (χ3v) is 4.26. The minimum Gasteiger partial charge on any atom is -0.463 e. The molecule has 0 amide bonds. The van der Waals surface area contributed by atoms with E-state index in [4.69, 9.17) is 19.0 Å². The molecule has 1 aliphatic rings. The molecule has 0 saturated carbocycles. The lowest BCUT2D eigenvalue weighted by Gasteiger charge is -2.35. The third kappa shape index (κ3) is 9.53. The van der Waals surface area contributed by atoms with Crippen molar-refractivity contribution >= 4 is 17.9 Å². The molecule has 1 aliphatic heterocycles. The normalized spacial score (nSPS) is 21.9. The molecule has 0 aromatic carbocycles. The third-order valence-electron chi connectivity index (χ3n) is 4.26. The standard InChI is InChI=1S/C19H31NO7/c1-4-6-9-18(23)27-20-19-14(3)15(11-13-25-19)26-17(22)10-7-8-12-24-16(21)5-2/h5,14-15,19-20H,2,4,6-13H2,1,3H3/t14-,15?,19?/m1/s1. The smallest absolute Gasteiger partial charge is 0.330 e. The molecule has 2 unspecified atom stereocenters. The molecule has 0 spiro atoms. The van der Waals surface area contributed by atoms with E-state index in [1.807, 2.05) is 13.8 Å². The Morgan fingerprint density at radius 1 is 1.19 bits per heavy atom. The first kappa shape index (κ1) is 23.1. The van der Waals surface area contributed by atoms with Gasteiger partial charge in [0.2, 0.25) is 0 Å². The molecule has 1 N–H and O–H groups in total. The maximum absolute atomic E-state index is 12.0. The van der Waals surface area contributed by atoms with Gasteiger partial charge in [0, 0.05) is 31.3 Å². The van der Waals surface area contributed by atoms with Crippen LogP contribution in [0.3, 0.4) is 0 Å². The van der Waals surface area contributed by atoms with Crippen molar-refractivity contribution in [3.8, 4) is 0 Å². The summed E-state index contributed by atoms with van der Waals surface area (Å²) in [5.41, 5.74) is 2.64. The molecule has 1 rings (SSSR count). The van der Waals surface area contributed by atoms with Crippen molar-refractivity contribution in [2.75, 3.05) is 13.2 Å². The zero-order chi connectivity index (χ0) is 20.1. The zero-order valence-corrected chi connectivity index (χ0v) is 16.2. The van der Waals surface area contributed by atoms with E-state index in [1.54, 1.807) is 0 Å². The van der Waals surface area contributed by atoms with E-state index in [0.717, 1.165) is 18.9 Å². The summed E-state index contributed by atoms with van der Waals surface area (Å²) in [7, 11) is 0. The minimum atomic E-state index is -0.513. The summed E-state index contributed by atoms with van der Waals surface area (Å²) in [6, 6.07) is 0. The molecule has 0 aliphatic carbocycles. The summed E-state index contributed by atoms with van der Waals surface area (Å²) in [6.45, 7) is 7.85. The van der Waals surface area contributed by atoms with E-state index in [-0.39, 0.29) is 37.0 Å². The molecule has 27 heavy (non-hydrogen) atoms. The highest BCUT2D eigenvalue weighted by atomic mass is 16.7. The molecule has 0 bridgehead atoms. The quantitative estimate of drug-likeness (QED) is 0.180. The Kier molecular flexibility index (Phi) is 11.4. The lowest BCUT2D eigenvalue weighted by Crippen LogP contribution is -2.48. The van der Waals surface area contributed by atoms with Crippen LogP contribution in [0.1, 0.15) is 58.8 Å². The number of carbonyl (C=O) groups excluding carboxylic acids is 3. The highest BCUT2D eigenvalue weighted by Crippen LogP contribution is 2.23. The Hall–Kier alpha value is -1.93. The van der Waals surface area contributed by atoms with E-state index in [9.17, 15) is 14.4 Å². The van der Waals surface area contributed by atoms with Crippen LogP contribution in [0.2, 0.25) is 0 Å². The molecule has 0 radical (unpaired) electrons. The number of hydrogen-bond acceptors (Lipinski definition) is 8. The monoisotopic (exact) mass is 385 g/mol. The summed E-state index contributed by atoms with van der Waals surface area (Å²) >= 11 is 0. The van der Waals surface area contributed by atoms with Crippen LogP contribution in [-0.2, 0) is 33.4 Å². The predicted molar refractivity (Wildman–Crippen MR) is 97.2 cm³/mol. The van der Waals surface area contributed by atoms with E-state index >= 15 is 0 Å². The van der Waals surface area contributed by atoms with E-state index in [0.29, 0.717) is 32.3 Å². The first-order valence-electron chi connectivity index (χ1n) is 9.53. The fourth-order valence-corrected chi connectivity index (χ4v) is 2.56. The number of esters is 2. The number of carbonyl (C=O) groups is 3. The van der Waals surface area contributed by atoms with Crippen molar-refractivity contribution in [3.63, 3.8) is 0 Å². The van der Waals surface area contributed by atoms with Gasteiger partial charge in [0.05, 0.1) is 13.2 Å². The first-order chi connectivity index (χ1) is 13.0. The average Bonchev–Trinajstić information content (AvgIpc) is 2.66. The van der Waals surface area contributed by atoms with Gasteiger partial charge in [0.1, 0.15) is 12.3 Å². The molecule has 8 nitrogen and oxygen atoms in total. The Morgan fingerprint density at radius 3 is 2.63 bits per heavy atom. The van der Waals surface area contributed by atoms with Gasteiger partial charge in [-0.2, -0.15) is 0 Å². The summed E-state index contributed by atoms with van der Waals surface area (Å²) in [5, 5.41) is 0. The van der Waals surface area contributed by atoms with Gasteiger partial charge in [-0.25, -0.2) is 4.79 Å². The van der Waals surface area contributed by atoms with Crippen LogP contribution in [0.15, 0.2) is 12.7 Å². The summed E-state index contributed by atoms with van der Waals surface area (Å²) in [4.78, 5) is 39.5. The van der Waals surface area contributed by atoms with Crippen LogP contribution in [0.4, 0.5) is 0 Å². The fourth-order valence-electron chi connectivity index (χ4n) is 2.56. The average molecular weight is 385 g/mol. The second kappa shape index (κ2) is 13.3. The van der Waals surface area contributed by atoms with Crippen molar-refractivity contribution in [1.29, 1.82) is 0 Å². The van der Waals surface area contributed by atoms with Crippen LogP contribution in [0.25, 0.3) is 0 Å². The SMILES string of the molecule is C=CC(=O)OCCCCC(=O)OC1CCOC(NOC(=O)CCCC)[C@@H]1C.